The standard InChI is InChI=1S/C12H8BrClF2N2O2S/c13-6-1-2-10(8(15)3-6)18-21(19,20)11-5-7(14)4-9(17)12(11)16/h1-5,18H,17H2. The topological polar surface area (TPSA) is 72.2 Å². The van der Waals surface area contributed by atoms with E-state index < -0.39 is 32.2 Å². The number of hydrogen-bond donors (Lipinski definition) is 2. The summed E-state index contributed by atoms with van der Waals surface area (Å²) in [5.41, 5.74) is 4.59. The molecule has 21 heavy (non-hydrogen) atoms. The number of nitrogen functional groups attached to an aromatic ring is 1. The molecule has 0 unspecified atom stereocenters. The van der Waals surface area contributed by atoms with E-state index in [4.69, 9.17) is 17.3 Å². The lowest BCUT2D eigenvalue weighted by molar-refractivity contribution is 0.572. The third kappa shape index (κ3) is 3.45. The monoisotopic (exact) mass is 396 g/mol. The van der Waals surface area contributed by atoms with Gasteiger partial charge in [-0.2, -0.15) is 0 Å². The average Bonchev–Trinajstić information content (AvgIpc) is 2.37. The zero-order chi connectivity index (χ0) is 15.8. The summed E-state index contributed by atoms with van der Waals surface area (Å²) in [6.07, 6.45) is 0. The second-order valence-electron chi connectivity index (χ2n) is 4.04. The summed E-state index contributed by atoms with van der Waals surface area (Å²) in [5.74, 6) is -1.97. The van der Waals surface area contributed by atoms with E-state index in [0.717, 1.165) is 18.2 Å². The fourth-order valence-corrected chi connectivity index (χ4v) is 3.38. The maximum absolute atomic E-state index is 13.8. The summed E-state index contributed by atoms with van der Waals surface area (Å²) >= 11 is 8.70. The molecule has 9 heteroatoms. The summed E-state index contributed by atoms with van der Waals surface area (Å²) < 4.78 is 54.1. The lowest BCUT2D eigenvalue weighted by Crippen LogP contribution is -2.16. The van der Waals surface area contributed by atoms with E-state index in [0.29, 0.717) is 4.47 Å². The van der Waals surface area contributed by atoms with Crippen LogP contribution < -0.4 is 10.5 Å². The first-order valence-electron chi connectivity index (χ1n) is 5.43. The SMILES string of the molecule is Nc1cc(Cl)cc(S(=O)(=O)Nc2ccc(Br)cc2F)c1F. The predicted octanol–water partition coefficient (Wildman–Crippen LogP) is 3.76. The van der Waals surface area contributed by atoms with Crippen LogP contribution in [0.3, 0.4) is 0 Å². The summed E-state index contributed by atoms with van der Waals surface area (Å²) in [4.78, 5) is -0.755. The van der Waals surface area contributed by atoms with Crippen molar-refractivity contribution >= 4 is 48.9 Å². The molecule has 4 nitrogen and oxygen atoms in total. The van der Waals surface area contributed by atoms with Gasteiger partial charge < -0.3 is 5.73 Å². The molecule has 0 radical (unpaired) electrons. The fraction of sp³-hybridized carbons (Fsp3) is 0. The van der Waals surface area contributed by atoms with Crippen molar-refractivity contribution in [1.29, 1.82) is 0 Å². The Balaban J connectivity index is 2.48. The van der Waals surface area contributed by atoms with Gasteiger partial charge in [-0.3, -0.25) is 4.72 Å². The lowest BCUT2D eigenvalue weighted by atomic mass is 10.3. The molecule has 2 aromatic carbocycles. The molecule has 3 N–H and O–H groups in total. The fourth-order valence-electron chi connectivity index (χ4n) is 1.55. The number of anilines is 2. The van der Waals surface area contributed by atoms with Crippen LogP contribution in [0.5, 0.6) is 0 Å². The highest BCUT2D eigenvalue weighted by atomic mass is 79.9. The Hall–Kier alpha value is -1.38. The molecule has 112 valence electrons. The van der Waals surface area contributed by atoms with Gasteiger partial charge in [0.2, 0.25) is 0 Å². The normalized spacial score (nSPS) is 11.4. The molecule has 0 atom stereocenters. The predicted molar refractivity (Wildman–Crippen MR) is 80.7 cm³/mol. The van der Waals surface area contributed by atoms with E-state index in [1.54, 1.807) is 0 Å². The molecule has 2 aromatic rings. The van der Waals surface area contributed by atoms with Gasteiger partial charge >= 0.3 is 0 Å². The minimum atomic E-state index is -4.37. The van der Waals surface area contributed by atoms with Crippen LogP contribution in [0.4, 0.5) is 20.2 Å². The first-order valence-corrected chi connectivity index (χ1v) is 8.08. The molecule has 0 aliphatic rings. The van der Waals surface area contributed by atoms with Gasteiger partial charge in [0.15, 0.2) is 5.82 Å². The Bertz CT molecular complexity index is 815. The smallest absolute Gasteiger partial charge is 0.265 e. The van der Waals surface area contributed by atoms with Gasteiger partial charge in [-0.1, -0.05) is 27.5 Å². The van der Waals surface area contributed by atoms with Crippen LogP contribution in [-0.4, -0.2) is 8.42 Å². The van der Waals surface area contributed by atoms with E-state index >= 15 is 0 Å². The first kappa shape index (κ1) is 16.0. The highest BCUT2D eigenvalue weighted by Crippen LogP contribution is 2.28. The van der Waals surface area contributed by atoms with E-state index in [2.05, 4.69) is 15.9 Å². The lowest BCUT2D eigenvalue weighted by Gasteiger charge is -2.11. The van der Waals surface area contributed by atoms with E-state index in [-0.39, 0.29) is 10.7 Å². The molecular weight excluding hydrogens is 390 g/mol. The summed E-state index contributed by atoms with van der Waals surface area (Å²) in [6.45, 7) is 0. The van der Waals surface area contributed by atoms with E-state index in [1.807, 2.05) is 4.72 Å². The van der Waals surface area contributed by atoms with Crippen LogP contribution >= 0.6 is 27.5 Å². The van der Waals surface area contributed by atoms with Crippen molar-refractivity contribution in [2.75, 3.05) is 10.5 Å². The van der Waals surface area contributed by atoms with Crippen LogP contribution in [0.15, 0.2) is 39.7 Å². The number of nitrogens with one attached hydrogen (secondary N) is 1. The van der Waals surface area contributed by atoms with Gasteiger partial charge in [-0.05, 0) is 30.3 Å². The number of halogens is 4. The van der Waals surface area contributed by atoms with Crippen molar-refractivity contribution in [3.05, 3.63) is 51.5 Å². The van der Waals surface area contributed by atoms with Crippen molar-refractivity contribution in [2.24, 2.45) is 0 Å². The number of benzene rings is 2. The van der Waals surface area contributed by atoms with Crippen molar-refractivity contribution in [3.8, 4) is 0 Å². The number of sulfonamides is 1. The maximum atomic E-state index is 13.8. The molecule has 0 spiro atoms. The molecule has 0 aliphatic heterocycles. The quantitative estimate of drug-likeness (QED) is 0.775. The maximum Gasteiger partial charge on any atom is 0.265 e. The van der Waals surface area contributed by atoms with Crippen molar-refractivity contribution < 1.29 is 17.2 Å². The highest BCUT2D eigenvalue weighted by molar-refractivity contribution is 9.10. The minimum Gasteiger partial charge on any atom is -0.396 e. The zero-order valence-corrected chi connectivity index (χ0v) is 13.4. The molecule has 0 heterocycles. The Kier molecular flexibility index (Phi) is 4.40. The van der Waals surface area contributed by atoms with Crippen LogP contribution in [-0.2, 0) is 10.0 Å². The number of nitrogens with two attached hydrogens (primary N) is 1. The van der Waals surface area contributed by atoms with Crippen LogP contribution in [0.2, 0.25) is 5.02 Å². The number of hydrogen-bond acceptors (Lipinski definition) is 3. The Labute approximate surface area is 133 Å². The van der Waals surface area contributed by atoms with E-state index in [9.17, 15) is 17.2 Å². The average molecular weight is 398 g/mol. The summed E-state index contributed by atoms with van der Waals surface area (Å²) in [7, 11) is -4.37. The second kappa shape index (κ2) is 5.78. The molecular formula is C12H8BrClF2N2O2S. The van der Waals surface area contributed by atoms with Gasteiger partial charge in [-0.25, -0.2) is 17.2 Å². The van der Waals surface area contributed by atoms with Gasteiger partial charge in [0.05, 0.1) is 11.4 Å². The van der Waals surface area contributed by atoms with Gasteiger partial charge in [-0.15, -0.1) is 0 Å². The van der Waals surface area contributed by atoms with Crippen molar-refractivity contribution in [2.45, 2.75) is 4.90 Å². The minimum absolute atomic E-state index is 0.0504. The molecule has 0 amide bonds. The first-order chi connectivity index (χ1) is 9.70. The molecule has 0 saturated carbocycles. The molecule has 0 fully saturated rings. The highest BCUT2D eigenvalue weighted by Gasteiger charge is 2.23. The van der Waals surface area contributed by atoms with Crippen LogP contribution in [0.25, 0.3) is 0 Å². The van der Waals surface area contributed by atoms with Gasteiger partial charge in [0.25, 0.3) is 10.0 Å². The van der Waals surface area contributed by atoms with Crippen LogP contribution in [0.1, 0.15) is 0 Å². The molecule has 0 bridgehead atoms. The van der Waals surface area contributed by atoms with Crippen molar-refractivity contribution in [1.82, 2.24) is 0 Å². The third-order valence-corrected chi connectivity index (χ3v) is 4.57. The van der Waals surface area contributed by atoms with Crippen molar-refractivity contribution in [3.63, 3.8) is 0 Å². The molecule has 2 rings (SSSR count). The Morgan fingerprint density at radius 2 is 1.86 bits per heavy atom. The largest absolute Gasteiger partial charge is 0.396 e. The Morgan fingerprint density at radius 1 is 1.19 bits per heavy atom. The third-order valence-electron chi connectivity index (χ3n) is 2.50. The zero-order valence-electron chi connectivity index (χ0n) is 10.2. The number of rotatable bonds is 3. The van der Waals surface area contributed by atoms with E-state index in [1.165, 1.54) is 12.1 Å². The molecule has 0 aliphatic carbocycles. The second-order valence-corrected chi connectivity index (χ2v) is 7.04. The summed E-state index contributed by atoms with van der Waals surface area (Å²) in [6, 6.07) is 5.68. The van der Waals surface area contributed by atoms with Gasteiger partial charge in [0.1, 0.15) is 10.7 Å². The molecule has 0 aromatic heterocycles. The Morgan fingerprint density at radius 3 is 2.48 bits per heavy atom. The molecule has 0 saturated heterocycles. The van der Waals surface area contributed by atoms with Gasteiger partial charge in [0, 0.05) is 9.50 Å². The summed E-state index contributed by atoms with van der Waals surface area (Å²) in [5, 5.41) is -0.0504. The van der Waals surface area contributed by atoms with Crippen LogP contribution in [0, 0.1) is 11.6 Å².